The summed E-state index contributed by atoms with van der Waals surface area (Å²) in [6.45, 7) is 6.45. The lowest BCUT2D eigenvalue weighted by molar-refractivity contribution is -0.163. The Labute approximate surface area is 341 Å². The van der Waals surface area contributed by atoms with Gasteiger partial charge in [-0.3, -0.25) is 27.9 Å². The van der Waals surface area contributed by atoms with Gasteiger partial charge in [-0.25, -0.2) is 9.86 Å². The van der Waals surface area contributed by atoms with Crippen LogP contribution in [0.4, 0.5) is 5.69 Å². The molecule has 0 spiro atoms. The third-order valence-corrected chi connectivity index (χ3v) is 12.3. The Bertz CT molecular complexity index is 2330. The van der Waals surface area contributed by atoms with Crippen LogP contribution in [0.1, 0.15) is 55.1 Å². The first-order valence-electron chi connectivity index (χ1n) is 17.9. The predicted octanol–water partition coefficient (Wildman–Crippen LogP) is 4.20. The summed E-state index contributed by atoms with van der Waals surface area (Å²) in [5.74, 6) is -2.13. The van der Waals surface area contributed by atoms with Crippen LogP contribution in [0, 0.1) is 5.41 Å². The molecule has 2 aromatic carbocycles. The number of amides is 1. The van der Waals surface area contributed by atoms with Crippen LogP contribution in [0.15, 0.2) is 112 Å². The van der Waals surface area contributed by atoms with Crippen molar-refractivity contribution in [2.45, 2.75) is 43.9 Å². The number of rotatable bonds is 18. The fourth-order valence-corrected chi connectivity index (χ4v) is 8.05. The average molecular weight is 860 g/mol. The zero-order valence-corrected chi connectivity index (χ0v) is 35.1. The molecule has 0 saturated carbocycles. The van der Waals surface area contributed by atoms with Crippen LogP contribution in [0.2, 0.25) is 0 Å². The standard InChI is InChI=1S/C39H48N4O12S3/c1-38(2)30(23-28(36(44)42(4)55-5)25-40-19-9-21-56(47)48)26-41-34(38)11-7-6-8-12-35-39(3,29-15-13-27(14-16-29)37(45)46)32-24-31(58(52,53)54)17-18-33(32)43(35)20-10-22-57(49,50)51/h6-8,11-18,23-25,40H,9-10,19-22,26H2,1-5H3,(H,45,46)(H,47,48)(H,49,50,51)(H,52,53,54)/p-1/b8-6+,11-7+,28-25+,30-23+,35-12+. The summed E-state index contributed by atoms with van der Waals surface area (Å²) in [6, 6.07) is 10.1. The van der Waals surface area contributed by atoms with Crippen LogP contribution < -0.4 is 10.2 Å². The molecule has 1 amide bonds. The van der Waals surface area contributed by atoms with Crippen molar-refractivity contribution in [1.82, 2.24) is 10.4 Å². The fraction of sp³-hybridized carbons (Fsp3) is 0.359. The maximum absolute atomic E-state index is 13.1. The highest BCUT2D eigenvalue weighted by Crippen LogP contribution is 2.52. The minimum absolute atomic E-state index is 0.00193. The van der Waals surface area contributed by atoms with E-state index in [0.29, 0.717) is 42.0 Å². The minimum atomic E-state index is -4.63. The van der Waals surface area contributed by atoms with E-state index in [-0.39, 0.29) is 34.8 Å². The van der Waals surface area contributed by atoms with Gasteiger partial charge >= 0.3 is 5.97 Å². The van der Waals surface area contributed by atoms with Crippen LogP contribution in [0.3, 0.4) is 0 Å². The van der Waals surface area contributed by atoms with E-state index >= 15 is 0 Å². The molecular weight excluding hydrogens is 813 g/mol. The first kappa shape index (κ1) is 45.9. The average Bonchev–Trinajstić information content (AvgIpc) is 3.56. The van der Waals surface area contributed by atoms with Gasteiger partial charge in [-0.1, -0.05) is 55.3 Å². The van der Waals surface area contributed by atoms with Crippen molar-refractivity contribution in [2.24, 2.45) is 10.4 Å². The molecule has 2 aliphatic rings. The smallest absolute Gasteiger partial charge is 0.335 e. The van der Waals surface area contributed by atoms with Crippen molar-refractivity contribution < 1.29 is 54.2 Å². The lowest BCUT2D eigenvalue weighted by Crippen LogP contribution is -2.31. The molecule has 0 aromatic heterocycles. The molecule has 19 heteroatoms. The summed E-state index contributed by atoms with van der Waals surface area (Å²) < 4.78 is 89.0. The summed E-state index contributed by atoms with van der Waals surface area (Å²) in [7, 11) is -6.10. The van der Waals surface area contributed by atoms with Crippen LogP contribution in [0.25, 0.3) is 0 Å². The number of nitrogens with one attached hydrogen (secondary N) is 1. The molecule has 2 heterocycles. The molecule has 4 rings (SSSR count). The number of carbonyl (C=O) groups excluding carboxylic acids is 1. The van der Waals surface area contributed by atoms with Gasteiger partial charge in [0.15, 0.2) is 0 Å². The second-order valence-electron chi connectivity index (χ2n) is 14.1. The zero-order chi connectivity index (χ0) is 43.1. The van der Waals surface area contributed by atoms with Crippen LogP contribution in [-0.4, -0.2) is 108 Å². The Morgan fingerprint density at radius 2 is 1.74 bits per heavy atom. The van der Waals surface area contributed by atoms with E-state index in [4.69, 9.17) is 9.83 Å². The van der Waals surface area contributed by atoms with Crippen LogP contribution in [0.5, 0.6) is 0 Å². The Hall–Kier alpha value is -4.76. The second kappa shape index (κ2) is 18.9. The first-order chi connectivity index (χ1) is 27.1. The highest BCUT2D eigenvalue weighted by Gasteiger charge is 2.45. The highest BCUT2D eigenvalue weighted by atomic mass is 32.2. The molecule has 2 aromatic rings. The van der Waals surface area contributed by atoms with Gasteiger partial charge in [0.25, 0.3) is 26.1 Å². The van der Waals surface area contributed by atoms with E-state index in [0.717, 1.165) is 16.3 Å². The number of hydrogen-bond donors (Lipinski definition) is 4. The Morgan fingerprint density at radius 3 is 2.34 bits per heavy atom. The number of benzene rings is 2. The van der Waals surface area contributed by atoms with Crippen molar-refractivity contribution in [3.05, 3.63) is 119 Å². The second-order valence-corrected chi connectivity index (χ2v) is 18.2. The summed E-state index contributed by atoms with van der Waals surface area (Å²) >= 11 is -2.17. The quantitative estimate of drug-likeness (QED) is 0.0410. The van der Waals surface area contributed by atoms with E-state index < -0.39 is 59.8 Å². The predicted molar refractivity (Wildman–Crippen MR) is 219 cm³/mol. The Kier molecular flexibility index (Phi) is 15.0. The number of aromatic carboxylic acids is 1. The Morgan fingerprint density at radius 1 is 1.05 bits per heavy atom. The monoisotopic (exact) mass is 859 g/mol. The molecule has 314 valence electrons. The van der Waals surface area contributed by atoms with Gasteiger partial charge < -0.3 is 19.9 Å². The molecule has 2 unspecified atom stereocenters. The molecule has 0 radical (unpaired) electrons. The molecule has 0 aliphatic carbocycles. The number of fused-ring (bicyclic) bond motifs is 1. The number of carbonyl (C=O) groups is 2. The van der Waals surface area contributed by atoms with Crippen molar-refractivity contribution >= 4 is 54.6 Å². The van der Waals surface area contributed by atoms with Gasteiger partial charge in [0, 0.05) is 54.6 Å². The molecule has 16 nitrogen and oxygen atoms in total. The minimum Gasteiger partial charge on any atom is -0.772 e. The number of likely N-dealkylation sites (N-methyl/N-ethyl adjacent to an activating group) is 1. The zero-order valence-electron chi connectivity index (χ0n) is 32.6. The van der Waals surface area contributed by atoms with E-state index in [1.54, 1.807) is 54.3 Å². The first-order valence-corrected chi connectivity index (χ1v) is 22.2. The SMILES string of the molecule is CON(C)C(=O)C(/C=C1\CN=C(/C=C/C=C/C=C2/N(CCCS(=O)(=O)O)c3ccc(S(=O)(=O)O)cc3C2(C)c2ccc(C(=O)O)cc2)C1(C)C)=C/NCCCS(=O)[O-]. The third kappa shape index (κ3) is 11.0. The summed E-state index contributed by atoms with van der Waals surface area (Å²) in [4.78, 5) is 36.0. The van der Waals surface area contributed by atoms with Gasteiger partial charge in [-0.15, -0.1) is 0 Å². The number of hydroxylamine groups is 2. The summed E-state index contributed by atoms with van der Waals surface area (Å²) in [5, 5.41) is 13.6. The van der Waals surface area contributed by atoms with Crippen molar-refractivity contribution in [3.8, 4) is 0 Å². The van der Waals surface area contributed by atoms with Gasteiger partial charge in [0.05, 0.1) is 40.9 Å². The summed E-state index contributed by atoms with van der Waals surface area (Å²) in [6.07, 6.45) is 12.4. The number of carboxylic acid groups (broad SMARTS) is 1. The molecule has 0 bridgehead atoms. The lowest BCUT2D eigenvalue weighted by atomic mass is 9.75. The van der Waals surface area contributed by atoms with Gasteiger partial charge in [0.1, 0.15) is 0 Å². The molecule has 2 atom stereocenters. The third-order valence-electron chi connectivity index (χ3n) is 10.0. The highest BCUT2D eigenvalue weighted by molar-refractivity contribution is 7.86. The van der Waals surface area contributed by atoms with Crippen LogP contribution >= 0.6 is 0 Å². The topological polar surface area (TPSA) is 243 Å². The van der Waals surface area contributed by atoms with Gasteiger partial charge in [-0.05, 0) is 85.0 Å². The van der Waals surface area contributed by atoms with E-state index in [1.807, 2.05) is 19.9 Å². The number of aliphatic imine (C=N–C) groups is 1. The number of allylic oxidation sites excluding steroid dienone is 6. The lowest BCUT2D eigenvalue weighted by Gasteiger charge is -2.31. The molecule has 2 aliphatic heterocycles. The fourth-order valence-electron chi connectivity index (χ4n) is 6.67. The van der Waals surface area contributed by atoms with E-state index in [2.05, 4.69) is 5.32 Å². The normalized spacial score (nSPS) is 20.2. The Balaban J connectivity index is 1.70. The largest absolute Gasteiger partial charge is 0.772 e. The van der Waals surface area contributed by atoms with Crippen molar-refractivity contribution in [3.63, 3.8) is 0 Å². The molecule has 0 fully saturated rings. The number of anilines is 1. The van der Waals surface area contributed by atoms with Crippen molar-refractivity contribution in [2.75, 3.05) is 50.2 Å². The maximum Gasteiger partial charge on any atom is 0.335 e. The van der Waals surface area contributed by atoms with Gasteiger partial charge in [0.2, 0.25) is 0 Å². The number of carboxylic acids is 1. The van der Waals surface area contributed by atoms with Crippen LogP contribution in [-0.2, 0) is 46.4 Å². The number of hydrogen-bond acceptors (Lipinski definition) is 12. The van der Waals surface area contributed by atoms with Gasteiger partial charge in [-0.2, -0.15) is 16.8 Å². The van der Waals surface area contributed by atoms with E-state index in [9.17, 15) is 49.4 Å². The molecule has 4 N–H and O–H groups in total. The van der Waals surface area contributed by atoms with E-state index in [1.165, 1.54) is 50.7 Å². The van der Waals surface area contributed by atoms with Crippen molar-refractivity contribution in [1.29, 1.82) is 0 Å². The molecule has 58 heavy (non-hydrogen) atoms. The summed E-state index contributed by atoms with van der Waals surface area (Å²) in [5.41, 5.74) is 2.24. The number of nitrogens with zero attached hydrogens (tertiary/aromatic N) is 3. The molecule has 0 saturated heterocycles. The maximum atomic E-state index is 13.1. The molecular formula is C39H47N4O12S3-.